The molecule has 0 fully saturated rings. The topological polar surface area (TPSA) is 105 Å². The summed E-state index contributed by atoms with van der Waals surface area (Å²) in [5.74, 6) is -1.46. The highest BCUT2D eigenvalue weighted by molar-refractivity contribution is 9.10. The predicted octanol–water partition coefficient (Wildman–Crippen LogP) is 2.38. The standard InChI is InChI=1S/C13H10BrN3O3/c14-9-3-8(5-16-6-9)12(18)17-11-2-1-7(13(19)20)4-10(11)15/h1-6H,15H2,(H,17,18)(H,19,20). The summed E-state index contributed by atoms with van der Waals surface area (Å²) in [6.45, 7) is 0. The van der Waals surface area contributed by atoms with Gasteiger partial charge in [0.25, 0.3) is 5.91 Å². The fourth-order valence-electron chi connectivity index (χ4n) is 1.54. The molecule has 0 spiro atoms. The van der Waals surface area contributed by atoms with E-state index in [1.807, 2.05) is 0 Å². The average molecular weight is 336 g/mol. The van der Waals surface area contributed by atoms with Crippen molar-refractivity contribution < 1.29 is 14.7 Å². The zero-order valence-electron chi connectivity index (χ0n) is 10.1. The minimum atomic E-state index is -1.08. The fourth-order valence-corrected chi connectivity index (χ4v) is 1.90. The van der Waals surface area contributed by atoms with Crippen molar-refractivity contribution in [3.8, 4) is 0 Å². The number of amides is 1. The molecule has 102 valence electrons. The second-order valence-electron chi connectivity index (χ2n) is 3.95. The highest BCUT2D eigenvalue weighted by Crippen LogP contribution is 2.21. The van der Waals surface area contributed by atoms with Gasteiger partial charge in [0.05, 0.1) is 22.5 Å². The van der Waals surface area contributed by atoms with Crippen molar-refractivity contribution >= 4 is 39.2 Å². The van der Waals surface area contributed by atoms with Gasteiger partial charge in [-0.15, -0.1) is 0 Å². The number of nitrogens with two attached hydrogens (primary N) is 1. The molecular formula is C13H10BrN3O3. The van der Waals surface area contributed by atoms with E-state index in [-0.39, 0.29) is 17.2 Å². The van der Waals surface area contributed by atoms with Crippen LogP contribution in [0.5, 0.6) is 0 Å². The number of hydrogen-bond acceptors (Lipinski definition) is 4. The van der Waals surface area contributed by atoms with E-state index in [9.17, 15) is 9.59 Å². The molecule has 0 aliphatic heterocycles. The van der Waals surface area contributed by atoms with E-state index in [0.29, 0.717) is 15.7 Å². The maximum Gasteiger partial charge on any atom is 0.335 e. The number of rotatable bonds is 3. The molecule has 0 saturated carbocycles. The molecule has 1 amide bonds. The molecule has 0 aliphatic rings. The maximum absolute atomic E-state index is 12.0. The van der Waals surface area contributed by atoms with Crippen molar-refractivity contribution in [1.82, 2.24) is 4.98 Å². The summed E-state index contributed by atoms with van der Waals surface area (Å²) in [6.07, 6.45) is 2.98. The van der Waals surface area contributed by atoms with E-state index in [1.165, 1.54) is 24.4 Å². The second kappa shape index (κ2) is 5.70. The molecule has 4 N–H and O–H groups in total. The van der Waals surface area contributed by atoms with Crippen LogP contribution in [0.3, 0.4) is 0 Å². The van der Waals surface area contributed by atoms with Gasteiger partial charge in [0, 0.05) is 16.9 Å². The number of pyridine rings is 1. The third kappa shape index (κ3) is 3.12. The predicted molar refractivity (Wildman–Crippen MR) is 77.7 cm³/mol. The Bertz CT molecular complexity index is 688. The van der Waals surface area contributed by atoms with Gasteiger partial charge in [-0.1, -0.05) is 0 Å². The Morgan fingerprint density at radius 1 is 1.20 bits per heavy atom. The van der Waals surface area contributed by atoms with Crippen LogP contribution in [-0.4, -0.2) is 22.0 Å². The minimum absolute atomic E-state index is 0.0598. The zero-order valence-corrected chi connectivity index (χ0v) is 11.7. The summed E-state index contributed by atoms with van der Waals surface area (Å²) in [5.41, 5.74) is 6.66. The second-order valence-corrected chi connectivity index (χ2v) is 4.87. The van der Waals surface area contributed by atoms with Gasteiger partial charge in [-0.2, -0.15) is 0 Å². The Balaban J connectivity index is 2.22. The number of aromatic carboxylic acids is 1. The number of carbonyl (C=O) groups excluding carboxylic acids is 1. The Hall–Kier alpha value is -2.41. The van der Waals surface area contributed by atoms with Gasteiger partial charge in [0.2, 0.25) is 0 Å². The van der Waals surface area contributed by atoms with Gasteiger partial charge in [-0.25, -0.2) is 4.79 Å². The molecule has 2 rings (SSSR count). The zero-order chi connectivity index (χ0) is 14.7. The molecule has 0 aliphatic carbocycles. The number of carboxylic acid groups (broad SMARTS) is 1. The third-order valence-electron chi connectivity index (χ3n) is 2.51. The highest BCUT2D eigenvalue weighted by Gasteiger charge is 2.11. The van der Waals surface area contributed by atoms with Crippen LogP contribution in [0.2, 0.25) is 0 Å². The molecule has 2 aromatic rings. The van der Waals surface area contributed by atoms with Crippen LogP contribution in [0.25, 0.3) is 0 Å². The minimum Gasteiger partial charge on any atom is -0.478 e. The molecule has 1 aromatic heterocycles. The van der Waals surface area contributed by atoms with Crippen LogP contribution < -0.4 is 11.1 Å². The summed E-state index contributed by atoms with van der Waals surface area (Å²) in [5, 5.41) is 11.4. The lowest BCUT2D eigenvalue weighted by Gasteiger charge is -2.09. The number of carbonyl (C=O) groups is 2. The molecular weight excluding hydrogens is 326 g/mol. The molecule has 0 unspecified atom stereocenters. The van der Waals surface area contributed by atoms with E-state index >= 15 is 0 Å². The number of nitrogen functional groups attached to an aromatic ring is 1. The van der Waals surface area contributed by atoms with Crippen LogP contribution in [0.1, 0.15) is 20.7 Å². The monoisotopic (exact) mass is 335 g/mol. The summed E-state index contributed by atoms with van der Waals surface area (Å²) in [4.78, 5) is 26.7. The summed E-state index contributed by atoms with van der Waals surface area (Å²) < 4.78 is 0.680. The number of nitrogens with one attached hydrogen (secondary N) is 1. The van der Waals surface area contributed by atoms with E-state index in [1.54, 1.807) is 12.3 Å². The van der Waals surface area contributed by atoms with Gasteiger partial charge in [0.15, 0.2) is 0 Å². The SMILES string of the molecule is Nc1cc(C(=O)O)ccc1NC(=O)c1cncc(Br)c1. The molecule has 1 aromatic carbocycles. The summed E-state index contributed by atoms with van der Waals surface area (Å²) in [7, 11) is 0. The first-order chi connectivity index (χ1) is 9.47. The molecule has 7 heteroatoms. The van der Waals surface area contributed by atoms with Crippen molar-refractivity contribution in [2.45, 2.75) is 0 Å². The van der Waals surface area contributed by atoms with Crippen LogP contribution >= 0.6 is 15.9 Å². The molecule has 0 bridgehead atoms. The van der Waals surface area contributed by atoms with Crippen molar-refractivity contribution in [3.63, 3.8) is 0 Å². The number of halogens is 1. The van der Waals surface area contributed by atoms with Crippen LogP contribution in [0, 0.1) is 0 Å². The third-order valence-corrected chi connectivity index (χ3v) is 2.95. The van der Waals surface area contributed by atoms with Crippen molar-refractivity contribution in [3.05, 3.63) is 52.3 Å². The molecule has 20 heavy (non-hydrogen) atoms. The molecule has 0 saturated heterocycles. The molecule has 0 radical (unpaired) electrons. The Morgan fingerprint density at radius 3 is 2.55 bits per heavy atom. The lowest BCUT2D eigenvalue weighted by atomic mass is 10.1. The number of nitrogens with zero attached hydrogens (tertiary/aromatic N) is 1. The number of aromatic nitrogens is 1. The Kier molecular flexibility index (Phi) is 3.99. The lowest BCUT2D eigenvalue weighted by molar-refractivity contribution is 0.0697. The fraction of sp³-hybridized carbons (Fsp3) is 0. The van der Waals surface area contributed by atoms with Crippen molar-refractivity contribution in [2.24, 2.45) is 0 Å². The molecule has 6 nitrogen and oxygen atoms in total. The smallest absolute Gasteiger partial charge is 0.335 e. The van der Waals surface area contributed by atoms with Crippen LogP contribution in [0.15, 0.2) is 41.1 Å². The first-order valence-electron chi connectivity index (χ1n) is 5.52. The van der Waals surface area contributed by atoms with E-state index in [4.69, 9.17) is 10.8 Å². The number of anilines is 2. The van der Waals surface area contributed by atoms with Gasteiger partial charge < -0.3 is 16.2 Å². The first kappa shape index (κ1) is 14.0. The van der Waals surface area contributed by atoms with E-state index < -0.39 is 5.97 Å². The maximum atomic E-state index is 12.0. The van der Waals surface area contributed by atoms with Crippen LogP contribution in [-0.2, 0) is 0 Å². The van der Waals surface area contributed by atoms with Crippen molar-refractivity contribution in [2.75, 3.05) is 11.1 Å². The number of carboxylic acids is 1. The van der Waals surface area contributed by atoms with Gasteiger partial charge in [-0.05, 0) is 40.2 Å². The number of hydrogen-bond donors (Lipinski definition) is 3. The van der Waals surface area contributed by atoms with E-state index in [0.717, 1.165) is 0 Å². The highest BCUT2D eigenvalue weighted by atomic mass is 79.9. The van der Waals surface area contributed by atoms with Crippen LogP contribution in [0.4, 0.5) is 11.4 Å². The van der Waals surface area contributed by atoms with E-state index in [2.05, 4.69) is 26.2 Å². The van der Waals surface area contributed by atoms with Crippen molar-refractivity contribution in [1.29, 1.82) is 0 Å². The quantitative estimate of drug-likeness (QED) is 0.747. The van der Waals surface area contributed by atoms with Gasteiger partial charge in [0.1, 0.15) is 0 Å². The van der Waals surface area contributed by atoms with Gasteiger partial charge in [-0.3, -0.25) is 9.78 Å². The Morgan fingerprint density at radius 2 is 1.95 bits per heavy atom. The Labute approximate surface area is 122 Å². The summed E-state index contributed by atoms with van der Waals surface area (Å²) >= 11 is 3.22. The normalized spacial score (nSPS) is 10.1. The largest absolute Gasteiger partial charge is 0.478 e. The number of benzene rings is 1. The average Bonchev–Trinajstić information content (AvgIpc) is 2.40. The molecule has 0 atom stereocenters. The molecule has 1 heterocycles. The summed E-state index contributed by atoms with van der Waals surface area (Å²) in [6, 6.07) is 5.72. The lowest BCUT2D eigenvalue weighted by Crippen LogP contribution is -2.14. The van der Waals surface area contributed by atoms with Gasteiger partial charge >= 0.3 is 5.97 Å². The first-order valence-corrected chi connectivity index (χ1v) is 6.31.